The van der Waals surface area contributed by atoms with Crippen molar-refractivity contribution in [3.8, 4) is 0 Å². The maximum atomic E-state index is 13.5. The summed E-state index contributed by atoms with van der Waals surface area (Å²) in [5, 5.41) is 8.01. The van der Waals surface area contributed by atoms with Crippen LogP contribution in [0.4, 0.5) is 4.39 Å². The number of aromatic amines is 1. The molecule has 0 aliphatic carbocycles. The van der Waals surface area contributed by atoms with Crippen LogP contribution in [0.15, 0.2) is 18.5 Å². The number of nitrogens with one attached hydrogen (secondary N) is 1. The summed E-state index contributed by atoms with van der Waals surface area (Å²) in [5.41, 5.74) is 1.34. The summed E-state index contributed by atoms with van der Waals surface area (Å²) in [4.78, 5) is 2.98. The van der Waals surface area contributed by atoms with E-state index in [4.69, 9.17) is 23.8 Å². The van der Waals surface area contributed by atoms with Crippen LogP contribution in [0.2, 0.25) is 5.02 Å². The highest BCUT2D eigenvalue weighted by Crippen LogP contribution is 2.27. The normalized spacial score (nSPS) is 13.0. The minimum absolute atomic E-state index is 0.0606. The first-order valence-electron chi connectivity index (χ1n) is 5.92. The largest absolute Gasteiger partial charge is 0.330 e. The molecule has 104 valence electrons. The number of aromatic nitrogens is 5. The van der Waals surface area contributed by atoms with Gasteiger partial charge < -0.3 is 14.1 Å². The van der Waals surface area contributed by atoms with Crippen LogP contribution in [0.1, 0.15) is 18.8 Å². The Morgan fingerprint density at radius 1 is 1.45 bits per heavy atom. The lowest BCUT2D eigenvalue weighted by molar-refractivity contribution is 0.581. The molecule has 20 heavy (non-hydrogen) atoms. The van der Waals surface area contributed by atoms with E-state index in [-0.39, 0.29) is 11.1 Å². The third-order valence-electron chi connectivity index (χ3n) is 3.27. The van der Waals surface area contributed by atoms with Gasteiger partial charge in [0.1, 0.15) is 12.1 Å². The van der Waals surface area contributed by atoms with E-state index in [2.05, 4.69) is 15.2 Å². The lowest BCUT2D eigenvalue weighted by atomic mass is 10.2. The molecule has 0 bridgehead atoms. The van der Waals surface area contributed by atoms with Crippen molar-refractivity contribution in [2.75, 3.05) is 0 Å². The standard InChI is InChI=1S/C12H11ClFN5S/c1-6(11-17-15-5-18(11)2)19-10-3-7(13)8(14)4-9(10)16-12(19)20/h3-6H,1-2H3,(H,16,20). The number of benzene rings is 1. The number of rotatable bonds is 2. The van der Waals surface area contributed by atoms with E-state index in [1.165, 1.54) is 6.07 Å². The Hall–Kier alpha value is -1.73. The quantitative estimate of drug-likeness (QED) is 0.739. The Morgan fingerprint density at radius 3 is 2.85 bits per heavy atom. The highest BCUT2D eigenvalue weighted by atomic mass is 35.5. The summed E-state index contributed by atoms with van der Waals surface area (Å²) in [6, 6.07) is 2.75. The zero-order valence-electron chi connectivity index (χ0n) is 10.8. The van der Waals surface area contributed by atoms with Crippen molar-refractivity contribution in [1.82, 2.24) is 24.3 Å². The molecule has 0 aliphatic rings. The Kier molecular flexibility index (Phi) is 3.10. The maximum absolute atomic E-state index is 13.5. The van der Waals surface area contributed by atoms with Crippen LogP contribution in [-0.2, 0) is 7.05 Å². The van der Waals surface area contributed by atoms with Crippen LogP contribution in [0.25, 0.3) is 11.0 Å². The molecule has 2 aromatic heterocycles. The van der Waals surface area contributed by atoms with Gasteiger partial charge in [-0.2, -0.15) is 0 Å². The lowest BCUT2D eigenvalue weighted by Crippen LogP contribution is -2.12. The van der Waals surface area contributed by atoms with Crippen LogP contribution in [0.3, 0.4) is 0 Å². The first-order valence-corrected chi connectivity index (χ1v) is 6.71. The molecule has 1 unspecified atom stereocenters. The third-order valence-corrected chi connectivity index (χ3v) is 3.85. The number of aryl methyl sites for hydroxylation is 1. The Labute approximate surface area is 124 Å². The fourth-order valence-electron chi connectivity index (χ4n) is 2.29. The van der Waals surface area contributed by atoms with Crippen molar-refractivity contribution in [1.29, 1.82) is 0 Å². The van der Waals surface area contributed by atoms with Crippen LogP contribution in [0.5, 0.6) is 0 Å². The second kappa shape index (κ2) is 4.68. The molecule has 8 heteroatoms. The van der Waals surface area contributed by atoms with Crippen molar-refractivity contribution < 1.29 is 4.39 Å². The first kappa shape index (κ1) is 13.3. The molecular formula is C12H11ClFN5S. The average Bonchev–Trinajstić information content (AvgIpc) is 2.93. The highest BCUT2D eigenvalue weighted by molar-refractivity contribution is 7.71. The number of nitrogens with zero attached hydrogens (tertiary/aromatic N) is 4. The molecule has 0 radical (unpaired) electrons. The molecule has 1 atom stereocenters. The van der Waals surface area contributed by atoms with Crippen molar-refractivity contribution in [2.45, 2.75) is 13.0 Å². The molecule has 1 N–H and O–H groups in total. The van der Waals surface area contributed by atoms with Crippen LogP contribution in [0, 0.1) is 10.6 Å². The van der Waals surface area contributed by atoms with Crippen molar-refractivity contribution in [2.24, 2.45) is 7.05 Å². The summed E-state index contributed by atoms with van der Waals surface area (Å²) in [7, 11) is 1.86. The average molecular weight is 312 g/mol. The minimum Gasteiger partial charge on any atom is -0.330 e. The topological polar surface area (TPSA) is 51.4 Å². The van der Waals surface area contributed by atoms with Gasteiger partial charge in [-0.3, -0.25) is 0 Å². The van der Waals surface area contributed by atoms with Gasteiger partial charge in [-0.1, -0.05) is 11.6 Å². The predicted molar refractivity (Wildman–Crippen MR) is 76.9 cm³/mol. The second-order valence-electron chi connectivity index (χ2n) is 4.56. The number of fused-ring (bicyclic) bond motifs is 1. The second-order valence-corrected chi connectivity index (χ2v) is 5.35. The predicted octanol–water partition coefficient (Wildman–Crippen LogP) is 3.23. The van der Waals surface area contributed by atoms with E-state index < -0.39 is 5.82 Å². The summed E-state index contributed by atoms with van der Waals surface area (Å²) in [6.45, 7) is 1.95. The summed E-state index contributed by atoms with van der Waals surface area (Å²) >= 11 is 11.2. The minimum atomic E-state index is -0.478. The van der Waals surface area contributed by atoms with Gasteiger partial charge in [-0.05, 0) is 25.2 Å². The number of hydrogen-bond acceptors (Lipinski definition) is 3. The molecule has 1 aromatic carbocycles. The van der Waals surface area contributed by atoms with Gasteiger partial charge in [0, 0.05) is 13.1 Å². The third kappa shape index (κ3) is 1.94. The molecule has 0 amide bonds. The molecule has 0 aliphatic heterocycles. The first-order chi connectivity index (χ1) is 9.49. The number of hydrogen-bond donors (Lipinski definition) is 1. The molecule has 0 spiro atoms. The Bertz CT molecular complexity index is 849. The molecular weight excluding hydrogens is 301 g/mol. The Balaban J connectivity index is 2.26. The zero-order chi connectivity index (χ0) is 14.4. The molecule has 0 saturated heterocycles. The smallest absolute Gasteiger partial charge is 0.178 e. The molecule has 0 saturated carbocycles. The van der Waals surface area contributed by atoms with E-state index in [9.17, 15) is 4.39 Å². The zero-order valence-corrected chi connectivity index (χ0v) is 12.3. The maximum Gasteiger partial charge on any atom is 0.178 e. The number of halogens is 2. The van der Waals surface area contributed by atoms with Gasteiger partial charge in [-0.15, -0.1) is 10.2 Å². The molecule has 0 fully saturated rings. The van der Waals surface area contributed by atoms with Gasteiger partial charge in [0.25, 0.3) is 0 Å². The molecule has 5 nitrogen and oxygen atoms in total. The van der Waals surface area contributed by atoms with Crippen molar-refractivity contribution >= 4 is 34.9 Å². The van der Waals surface area contributed by atoms with Crippen molar-refractivity contribution in [3.05, 3.63) is 39.9 Å². The van der Waals surface area contributed by atoms with E-state index >= 15 is 0 Å². The summed E-state index contributed by atoms with van der Waals surface area (Å²) < 4.78 is 17.7. The fraction of sp³-hybridized carbons (Fsp3) is 0.250. The highest BCUT2D eigenvalue weighted by Gasteiger charge is 2.18. The van der Waals surface area contributed by atoms with Crippen LogP contribution < -0.4 is 0 Å². The van der Waals surface area contributed by atoms with Gasteiger partial charge >= 0.3 is 0 Å². The summed E-state index contributed by atoms with van der Waals surface area (Å²) in [6.07, 6.45) is 1.62. The van der Waals surface area contributed by atoms with E-state index in [1.807, 2.05) is 23.1 Å². The fourth-order valence-corrected chi connectivity index (χ4v) is 2.82. The number of H-pyrrole nitrogens is 1. The van der Waals surface area contributed by atoms with E-state index in [1.54, 1.807) is 12.4 Å². The molecule has 2 heterocycles. The monoisotopic (exact) mass is 311 g/mol. The molecule has 3 rings (SSSR count). The van der Waals surface area contributed by atoms with Gasteiger partial charge in [-0.25, -0.2) is 4.39 Å². The van der Waals surface area contributed by atoms with E-state index in [0.29, 0.717) is 10.3 Å². The van der Waals surface area contributed by atoms with Crippen molar-refractivity contribution in [3.63, 3.8) is 0 Å². The van der Waals surface area contributed by atoms with Crippen LogP contribution >= 0.6 is 23.8 Å². The van der Waals surface area contributed by atoms with Gasteiger partial charge in [0.05, 0.1) is 22.1 Å². The summed E-state index contributed by atoms with van der Waals surface area (Å²) in [5.74, 6) is 0.274. The van der Waals surface area contributed by atoms with Crippen LogP contribution in [-0.4, -0.2) is 24.3 Å². The van der Waals surface area contributed by atoms with Gasteiger partial charge in [0.2, 0.25) is 0 Å². The molecule has 3 aromatic rings. The van der Waals surface area contributed by atoms with E-state index in [0.717, 1.165) is 11.3 Å². The Morgan fingerprint density at radius 2 is 2.20 bits per heavy atom. The van der Waals surface area contributed by atoms with Gasteiger partial charge in [0.15, 0.2) is 10.6 Å². The SMILES string of the molecule is CC(c1nncn1C)n1c(=S)[nH]c2cc(F)c(Cl)cc21. The number of imidazole rings is 1. The lowest BCUT2D eigenvalue weighted by Gasteiger charge is -2.13.